The molecule has 2 unspecified atom stereocenters. The molecule has 0 saturated carbocycles. The molecule has 2 atom stereocenters. The quantitative estimate of drug-likeness (QED) is 0.738. The Labute approximate surface area is 133 Å². The lowest BCUT2D eigenvalue weighted by Crippen LogP contribution is -2.24. The fourth-order valence-electron chi connectivity index (χ4n) is 2.56. The molecule has 1 aromatic carbocycles. The van der Waals surface area contributed by atoms with E-state index in [1.165, 1.54) is 5.56 Å². The van der Waals surface area contributed by atoms with Gasteiger partial charge in [-0.1, -0.05) is 38.1 Å². The summed E-state index contributed by atoms with van der Waals surface area (Å²) in [6.07, 6.45) is 6.62. The van der Waals surface area contributed by atoms with E-state index < -0.39 is 0 Å². The molecule has 0 aromatic heterocycles. The summed E-state index contributed by atoms with van der Waals surface area (Å²) in [6.45, 7) is 6.63. The van der Waals surface area contributed by atoms with Crippen molar-refractivity contribution in [1.82, 2.24) is 0 Å². The monoisotopic (exact) mass is 302 g/mol. The summed E-state index contributed by atoms with van der Waals surface area (Å²) < 4.78 is 10.8. The predicted molar refractivity (Wildman–Crippen MR) is 87.6 cm³/mol. The summed E-state index contributed by atoms with van der Waals surface area (Å²) in [5.74, 6) is 0.208. The molecule has 2 rings (SSSR count). The Bertz CT molecular complexity index is 502. The van der Waals surface area contributed by atoms with E-state index in [4.69, 9.17) is 9.47 Å². The van der Waals surface area contributed by atoms with Gasteiger partial charge in [0.25, 0.3) is 0 Å². The maximum absolute atomic E-state index is 12.2. The number of carbonyl (C=O) groups is 1. The van der Waals surface area contributed by atoms with E-state index in [1.807, 2.05) is 25.1 Å². The second-order valence-electron chi connectivity index (χ2n) is 6.40. The van der Waals surface area contributed by atoms with Gasteiger partial charge in [0.2, 0.25) is 0 Å². The van der Waals surface area contributed by atoms with Gasteiger partial charge < -0.3 is 9.47 Å². The standard InChI is InChI=1S/C19H26O3/c1-14(2)12-16-7-9-17(10-8-16)15(3)19(20)22-13-18-6-4-5-11-21-18/h5,7-11,14-15,18H,4,6,12-13H2,1-3H3. The first-order valence-electron chi connectivity index (χ1n) is 8.12. The minimum absolute atomic E-state index is 0.00503. The van der Waals surface area contributed by atoms with Gasteiger partial charge in [-0.2, -0.15) is 0 Å². The molecule has 0 saturated heterocycles. The van der Waals surface area contributed by atoms with Crippen LogP contribution in [0.2, 0.25) is 0 Å². The Morgan fingerprint density at radius 3 is 2.59 bits per heavy atom. The average molecular weight is 302 g/mol. The lowest BCUT2D eigenvalue weighted by molar-refractivity contribution is -0.148. The van der Waals surface area contributed by atoms with Gasteiger partial charge >= 0.3 is 5.97 Å². The average Bonchev–Trinajstić information content (AvgIpc) is 2.53. The highest BCUT2D eigenvalue weighted by Crippen LogP contribution is 2.20. The van der Waals surface area contributed by atoms with E-state index >= 15 is 0 Å². The molecule has 1 heterocycles. The molecule has 0 fully saturated rings. The highest BCUT2D eigenvalue weighted by atomic mass is 16.6. The van der Waals surface area contributed by atoms with Crippen LogP contribution in [0.25, 0.3) is 0 Å². The summed E-state index contributed by atoms with van der Waals surface area (Å²) >= 11 is 0. The zero-order chi connectivity index (χ0) is 15.9. The van der Waals surface area contributed by atoms with Crippen LogP contribution in [-0.4, -0.2) is 18.7 Å². The fourth-order valence-corrected chi connectivity index (χ4v) is 2.56. The highest BCUT2D eigenvalue weighted by molar-refractivity contribution is 5.77. The van der Waals surface area contributed by atoms with Crippen molar-refractivity contribution in [3.05, 3.63) is 47.7 Å². The van der Waals surface area contributed by atoms with Crippen molar-refractivity contribution < 1.29 is 14.3 Å². The van der Waals surface area contributed by atoms with Crippen molar-refractivity contribution in [3.63, 3.8) is 0 Å². The SMILES string of the molecule is CC(C)Cc1ccc(C(C)C(=O)OCC2CCC=CO2)cc1. The zero-order valence-corrected chi connectivity index (χ0v) is 13.7. The fraction of sp³-hybridized carbons (Fsp3) is 0.526. The molecule has 3 heteroatoms. The second kappa shape index (κ2) is 8.02. The van der Waals surface area contributed by atoms with Crippen molar-refractivity contribution in [3.8, 4) is 0 Å². The number of rotatable bonds is 6. The number of esters is 1. The molecule has 0 N–H and O–H groups in total. The number of carbonyl (C=O) groups excluding carboxylic acids is 1. The smallest absolute Gasteiger partial charge is 0.313 e. The van der Waals surface area contributed by atoms with Crippen LogP contribution in [0.4, 0.5) is 0 Å². The lowest BCUT2D eigenvalue weighted by atomic mass is 9.97. The van der Waals surface area contributed by atoms with Crippen LogP contribution in [0.1, 0.15) is 50.7 Å². The van der Waals surface area contributed by atoms with Crippen molar-refractivity contribution in [1.29, 1.82) is 0 Å². The minimum atomic E-state index is -0.243. The van der Waals surface area contributed by atoms with E-state index in [9.17, 15) is 4.79 Å². The third-order valence-electron chi connectivity index (χ3n) is 3.91. The second-order valence-corrected chi connectivity index (χ2v) is 6.40. The molecule has 120 valence electrons. The Balaban J connectivity index is 1.85. The Morgan fingerprint density at radius 2 is 2.00 bits per heavy atom. The summed E-state index contributed by atoms with van der Waals surface area (Å²) in [4.78, 5) is 12.2. The first-order chi connectivity index (χ1) is 10.6. The maximum atomic E-state index is 12.2. The van der Waals surface area contributed by atoms with Crippen LogP contribution < -0.4 is 0 Å². The Morgan fingerprint density at radius 1 is 1.27 bits per heavy atom. The largest absolute Gasteiger partial charge is 0.495 e. The highest BCUT2D eigenvalue weighted by Gasteiger charge is 2.19. The molecule has 3 nitrogen and oxygen atoms in total. The van der Waals surface area contributed by atoms with Gasteiger partial charge in [0.15, 0.2) is 0 Å². The summed E-state index contributed by atoms with van der Waals surface area (Å²) in [5.41, 5.74) is 2.31. The van der Waals surface area contributed by atoms with Crippen molar-refractivity contribution in [2.24, 2.45) is 5.92 Å². The molecule has 1 aromatic rings. The summed E-state index contributed by atoms with van der Waals surface area (Å²) in [7, 11) is 0. The summed E-state index contributed by atoms with van der Waals surface area (Å²) in [6, 6.07) is 8.27. The molecule has 0 aliphatic carbocycles. The Kier molecular flexibility index (Phi) is 6.05. The van der Waals surface area contributed by atoms with Crippen molar-refractivity contribution in [2.75, 3.05) is 6.61 Å². The topological polar surface area (TPSA) is 35.5 Å². The van der Waals surface area contributed by atoms with Gasteiger partial charge in [-0.3, -0.25) is 4.79 Å². The molecule has 22 heavy (non-hydrogen) atoms. The van der Waals surface area contributed by atoms with Gasteiger partial charge in [0.1, 0.15) is 12.7 Å². The van der Waals surface area contributed by atoms with E-state index in [0.717, 1.165) is 24.8 Å². The van der Waals surface area contributed by atoms with Gasteiger partial charge in [0, 0.05) is 0 Å². The van der Waals surface area contributed by atoms with Crippen molar-refractivity contribution >= 4 is 5.97 Å². The van der Waals surface area contributed by atoms with Crippen LogP contribution in [0, 0.1) is 5.92 Å². The van der Waals surface area contributed by atoms with Crippen LogP contribution in [0.5, 0.6) is 0 Å². The number of hydrogen-bond donors (Lipinski definition) is 0. The van der Waals surface area contributed by atoms with Gasteiger partial charge in [-0.15, -0.1) is 0 Å². The van der Waals surface area contributed by atoms with Crippen molar-refractivity contribution in [2.45, 2.75) is 52.1 Å². The third-order valence-corrected chi connectivity index (χ3v) is 3.91. The first kappa shape index (κ1) is 16.6. The van der Waals surface area contributed by atoms with E-state index in [1.54, 1.807) is 6.26 Å². The van der Waals surface area contributed by atoms with Crippen LogP contribution in [0.15, 0.2) is 36.6 Å². The number of benzene rings is 1. The molecule has 1 aliphatic rings. The minimum Gasteiger partial charge on any atom is -0.495 e. The molecule has 0 bridgehead atoms. The van der Waals surface area contributed by atoms with Crippen LogP contribution >= 0.6 is 0 Å². The predicted octanol–water partition coefficient (Wildman–Crippen LogP) is 4.22. The molecule has 1 aliphatic heterocycles. The lowest BCUT2D eigenvalue weighted by Gasteiger charge is -2.20. The van der Waals surface area contributed by atoms with Gasteiger partial charge in [0.05, 0.1) is 12.2 Å². The first-order valence-corrected chi connectivity index (χ1v) is 8.12. The molecular weight excluding hydrogens is 276 g/mol. The Hall–Kier alpha value is -1.77. The zero-order valence-electron chi connectivity index (χ0n) is 13.7. The van der Waals surface area contributed by atoms with E-state index in [0.29, 0.717) is 12.5 Å². The summed E-state index contributed by atoms with van der Waals surface area (Å²) in [5, 5.41) is 0. The van der Waals surface area contributed by atoms with Crippen LogP contribution in [0.3, 0.4) is 0 Å². The van der Waals surface area contributed by atoms with E-state index in [-0.39, 0.29) is 18.0 Å². The number of allylic oxidation sites excluding steroid dienone is 1. The normalized spacial score (nSPS) is 18.8. The third kappa shape index (κ3) is 4.90. The maximum Gasteiger partial charge on any atom is 0.313 e. The van der Waals surface area contributed by atoms with Gasteiger partial charge in [-0.25, -0.2) is 0 Å². The molecule has 0 radical (unpaired) electrons. The number of ether oxygens (including phenoxy) is 2. The number of hydrogen-bond acceptors (Lipinski definition) is 3. The molecule has 0 spiro atoms. The molecular formula is C19H26O3. The van der Waals surface area contributed by atoms with Gasteiger partial charge in [-0.05, 0) is 49.3 Å². The van der Waals surface area contributed by atoms with E-state index in [2.05, 4.69) is 26.0 Å². The van der Waals surface area contributed by atoms with Crippen LogP contribution in [-0.2, 0) is 20.7 Å². The molecule has 0 amide bonds.